The second-order valence-corrected chi connectivity index (χ2v) is 8.59. The maximum atomic E-state index is 11.8. The fourth-order valence-corrected chi connectivity index (χ4v) is 4.62. The van der Waals surface area contributed by atoms with Crippen LogP contribution in [0.4, 0.5) is 0 Å². The van der Waals surface area contributed by atoms with Crippen molar-refractivity contribution in [2.24, 2.45) is 11.8 Å². The maximum Gasteiger partial charge on any atom is 0.245 e. The molecule has 5 heteroatoms. The smallest absolute Gasteiger partial charge is 0.245 e. The Kier molecular flexibility index (Phi) is 9.37. The number of amides is 1. The highest BCUT2D eigenvalue weighted by molar-refractivity contribution is 5.74. The number of nitrogens with zero attached hydrogens (tertiary/aromatic N) is 1. The van der Waals surface area contributed by atoms with Crippen LogP contribution in [-0.2, 0) is 20.9 Å². The Morgan fingerprint density at radius 1 is 1.17 bits per heavy atom. The van der Waals surface area contributed by atoms with E-state index in [1.54, 1.807) is 0 Å². The Morgan fingerprint density at radius 3 is 2.70 bits per heavy atom. The Hall–Kier alpha value is -1.69. The Labute approximate surface area is 181 Å². The van der Waals surface area contributed by atoms with Gasteiger partial charge in [-0.15, -0.1) is 0 Å². The molecular weight excluding hydrogens is 378 g/mol. The molecule has 0 aliphatic carbocycles. The first kappa shape index (κ1) is 23.0. The summed E-state index contributed by atoms with van der Waals surface area (Å²) in [6.07, 6.45) is 12.3. The van der Waals surface area contributed by atoms with E-state index >= 15 is 0 Å². The third kappa shape index (κ3) is 6.66. The quantitative estimate of drug-likeness (QED) is 0.210. The first-order valence-electron chi connectivity index (χ1n) is 11.6. The van der Waals surface area contributed by atoms with Crippen molar-refractivity contribution in [2.45, 2.75) is 77.1 Å². The molecule has 1 aromatic carbocycles. The molecule has 2 bridgehead atoms. The van der Waals surface area contributed by atoms with Gasteiger partial charge in [-0.3, -0.25) is 10.0 Å². The van der Waals surface area contributed by atoms with Crippen LogP contribution in [0.25, 0.3) is 0 Å². The lowest BCUT2D eigenvalue weighted by molar-refractivity contribution is -0.165. The van der Waals surface area contributed by atoms with Gasteiger partial charge in [0.15, 0.2) is 0 Å². The van der Waals surface area contributed by atoms with Gasteiger partial charge in [0.25, 0.3) is 0 Å². The standard InChI is InChI=1S/C25H37NO4/c1-2-3-17-26(28)25(27)14-10-5-4-9-13-21-22(24-16-15-23(21)30-24)19-29-18-20-11-7-6-8-12-20/h4,6-9,11-12,21-24,28H,2-3,5,10,13-19H2,1H3/b9-4-/t21-,22+,23-,24+/m1/s1. The van der Waals surface area contributed by atoms with Crippen molar-refractivity contribution in [3.05, 3.63) is 48.0 Å². The lowest BCUT2D eigenvalue weighted by atomic mass is 9.78. The van der Waals surface area contributed by atoms with Gasteiger partial charge in [-0.25, -0.2) is 5.06 Å². The molecule has 2 heterocycles. The van der Waals surface area contributed by atoms with E-state index in [1.807, 2.05) is 25.1 Å². The molecule has 0 aromatic heterocycles. The van der Waals surface area contributed by atoms with Crippen LogP contribution in [0.1, 0.15) is 63.9 Å². The van der Waals surface area contributed by atoms with Crippen LogP contribution >= 0.6 is 0 Å². The van der Waals surface area contributed by atoms with E-state index in [1.165, 1.54) is 5.56 Å². The van der Waals surface area contributed by atoms with Crippen LogP contribution < -0.4 is 0 Å². The number of benzene rings is 1. The molecule has 0 spiro atoms. The third-order valence-electron chi connectivity index (χ3n) is 6.36. The molecule has 2 saturated heterocycles. The van der Waals surface area contributed by atoms with Crippen molar-refractivity contribution in [2.75, 3.05) is 13.2 Å². The van der Waals surface area contributed by atoms with Crippen molar-refractivity contribution >= 4 is 5.91 Å². The molecule has 1 N–H and O–H groups in total. The molecule has 0 saturated carbocycles. The molecule has 5 nitrogen and oxygen atoms in total. The van der Waals surface area contributed by atoms with Crippen molar-refractivity contribution in [1.29, 1.82) is 0 Å². The SMILES string of the molecule is CCCCN(O)C(=O)CCC/C=C\C[C@@H]1[C@H](COCc2ccccc2)[C@@H]2CC[C@H]1O2. The zero-order valence-electron chi connectivity index (χ0n) is 18.2. The summed E-state index contributed by atoms with van der Waals surface area (Å²) < 4.78 is 12.2. The van der Waals surface area contributed by atoms with Gasteiger partial charge in [0.05, 0.1) is 25.4 Å². The number of unbranched alkanes of at least 4 members (excludes halogenated alkanes) is 2. The fourth-order valence-electron chi connectivity index (χ4n) is 4.62. The van der Waals surface area contributed by atoms with Crippen molar-refractivity contribution in [3.63, 3.8) is 0 Å². The molecule has 1 aromatic rings. The first-order chi connectivity index (χ1) is 14.7. The third-order valence-corrected chi connectivity index (χ3v) is 6.36. The van der Waals surface area contributed by atoms with Gasteiger partial charge in [-0.1, -0.05) is 55.8 Å². The predicted octanol–water partition coefficient (Wildman–Crippen LogP) is 5.13. The number of hydrogen-bond donors (Lipinski definition) is 1. The molecule has 4 atom stereocenters. The summed E-state index contributed by atoms with van der Waals surface area (Å²) in [6, 6.07) is 10.3. The minimum absolute atomic E-state index is 0.172. The number of hydroxylamine groups is 2. The number of fused-ring (bicyclic) bond motifs is 2. The van der Waals surface area contributed by atoms with Crippen LogP contribution in [0.5, 0.6) is 0 Å². The molecule has 0 unspecified atom stereocenters. The molecule has 3 rings (SSSR count). The van der Waals surface area contributed by atoms with Crippen molar-refractivity contribution in [1.82, 2.24) is 5.06 Å². The van der Waals surface area contributed by atoms with E-state index in [9.17, 15) is 10.0 Å². The van der Waals surface area contributed by atoms with E-state index in [4.69, 9.17) is 9.47 Å². The van der Waals surface area contributed by atoms with Gasteiger partial charge in [0.2, 0.25) is 5.91 Å². The van der Waals surface area contributed by atoms with Crippen molar-refractivity contribution < 1.29 is 19.5 Å². The zero-order valence-corrected chi connectivity index (χ0v) is 18.2. The van der Waals surface area contributed by atoms with E-state index in [0.29, 0.717) is 43.6 Å². The molecule has 2 fully saturated rings. The lowest BCUT2D eigenvalue weighted by Crippen LogP contribution is -2.30. The summed E-state index contributed by atoms with van der Waals surface area (Å²) in [5, 5.41) is 10.5. The number of allylic oxidation sites excluding steroid dienone is 2. The Balaban J connectivity index is 1.35. The average Bonchev–Trinajstić information content (AvgIpc) is 3.37. The van der Waals surface area contributed by atoms with Crippen LogP contribution in [0.3, 0.4) is 0 Å². The largest absolute Gasteiger partial charge is 0.376 e. The fraction of sp³-hybridized carbons (Fsp3) is 0.640. The summed E-state index contributed by atoms with van der Waals surface area (Å²) in [7, 11) is 0. The van der Waals surface area contributed by atoms with Crippen LogP contribution in [-0.4, -0.2) is 41.5 Å². The van der Waals surface area contributed by atoms with Gasteiger partial charge < -0.3 is 9.47 Å². The van der Waals surface area contributed by atoms with E-state index in [2.05, 4.69) is 24.3 Å². The molecule has 2 aliphatic heterocycles. The number of hydrogen-bond acceptors (Lipinski definition) is 4. The predicted molar refractivity (Wildman–Crippen MR) is 117 cm³/mol. The lowest BCUT2D eigenvalue weighted by Gasteiger charge is -2.27. The Bertz CT molecular complexity index is 662. The first-order valence-corrected chi connectivity index (χ1v) is 11.6. The average molecular weight is 416 g/mol. The van der Waals surface area contributed by atoms with Gasteiger partial charge in [-0.2, -0.15) is 0 Å². The number of rotatable bonds is 13. The molecule has 1 amide bonds. The molecule has 30 heavy (non-hydrogen) atoms. The molecule has 0 radical (unpaired) electrons. The highest BCUT2D eigenvalue weighted by Gasteiger charge is 2.48. The zero-order chi connectivity index (χ0) is 21.2. The van der Waals surface area contributed by atoms with Crippen LogP contribution in [0.15, 0.2) is 42.5 Å². The van der Waals surface area contributed by atoms with Crippen LogP contribution in [0, 0.1) is 11.8 Å². The summed E-state index contributed by atoms with van der Waals surface area (Å²) in [5.74, 6) is 0.827. The second-order valence-electron chi connectivity index (χ2n) is 8.59. The summed E-state index contributed by atoms with van der Waals surface area (Å²) >= 11 is 0. The monoisotopic (exact) mass is 415 g/mol. The van der Waals surface area contributed by atoms with Gasteiger partial charge in [0.1, 0.15) is 0 Å². The Morgan fingerprint density at radius 2 is 1.93 bits per heavy atom. The summed E-state index contributed by atoms with van der Waals surface area (Å²) in [4.78, 5) is 11.8. The highest BCUT2D eigenvalue weighted by atomic mass is 16.5. The van der Waals surface area contributed by atoms with Crippen molar-refractivity contribution in [3.8, 4) is 0 Å². The maximum absolute atomic E-state index is 11.8. The number of ether oxygens (including phenoxy) is 2. The molecular formula is C25H37NO4. The van der Waals surface area contributed by atoms with E-state index in [0.717, 1.165) is 56.6 Å². The van der Waals surface area contributed by atoms with Crippen LogP contribution in [0.2, 0.25) is 0 Å². The topological polar surface area (TPSA) is 59.0 Å². The van der Waals surface area contributed by atoms with E-state index < -0.39 is 0 Å². The minimum Gasteiger partial charge on any atom is -0.376 e. The number of carbonyl (C=O) groups excluding carboxylic acids is 1. The molecule has 166 valence electrons. The van der Waals surface area contributed by atoms with Gasteiger partial charge in [-0.05, 0) is 50.0 Å². The van der Waals surface area contributed by atoms with Gasteiger partial charge >= 0.3 is 0 Å². The minimum atomic E-state index is -0.172. The molecule has 2 aliphatic rings. The number of carbonyl (C=O) groups is 1. The summed E-state index contributed by atoms with van der Waals surface area (Å²) in [6.45, 7) is 3.89. The normalized spacial score (nSPS) is 25.3. The van der Waals surface area contributed by atoms with Gasteiger partial charge in [0, 0.05) is 18.9 Å². The van der Waals surface area contributed by atoms with E-state index in [-0.39, 0.29) is 5.91 Å². The highest BCUT2D eigenvalue weighted by Crippen LogP contribution is 2.45. The summed E-state index contributed by atoms with van der Waals surface area (Å²) in [5.41, 5.74) is 1.21. The second kappa shape index (κ2) is 12.2.